The Kier molecular flexibility index (Phi) is 5.01. The van der Waals surface area contributed by atoms with Gasteiger partial charge in [0, 0.05) is 32.6 Å². The minimum Gasteiger partial charge on any atom is -0.342 e. The molecule has 7 heteroatoms. The van der Waals surface area contributed by atoms with Gasteiger partial charge in [0.25, 0.3) is 0 Å². The summed E-state index contributed by atoms with van der Waals surface area (Å²) in [5.74, 6) is 0.776. The number of hydrogen-bond acceptors (Lipinski definition) is 3. The van der Waals surface area contributed by atoms with E-state index in [1.165, 1.54) is 16.8 Å². The summed E-state index contributed by atoms with van der Waals surface area (Å²) in [5, 5.41) is 4.38. The maximum absolute atomic E-state index is 12.9. The third-order valence-electron chi connectivity index (χ3n) is 4.83. The van der Waals surface area contributed by atoms with Gasteiger partial charge < -0.3 is 4.90 Å². The number of hydrogen-bond donors (Lipinski definition) is 0. The molecule has 1 aliphatic heterocycles. The summed E-state index contributed by atoms with van der Waals surface area (Å²) in [7, 11) is 1.67. The van der Waals surface area contributed by atoms with Crippen molar-refractivity contribution in [2.24, 2.45) is 7.05 Å². The van der Waals surface area contributed by atoms with Crippen LogP contribution in [0.3, 0.4) is 0 Å². The Morgan fingerprint density at radius 2 is 1.88 bits per heavy atom. The van der Waals surface area contributed by atoms with Gasteiger partial charge in [-0.15, -0.1) is 0 Å². The zero-order valence-electron chi connectivity index (χ0n) is 14.6. The second kappa shape index (κ2) is 7.21. The zero-order valence-corrected chi connectivity index (χ0v) is 14.6. The Hall–Kier alpha value is -2.44. The Bertz CT molecular complexity index is 801. The summed E-state index contributed by atoms with van der Waals surface area (Å²) in [6, 6.07) is 6.04. The number of carbonyl (C=O) groups excluding carboxylic acids is 1. The molecule has 0 aliphatic carbocycles. The highest BCUT2D eigenvalue weighted by Gasteiger charge is 2.27. The van der Waals surface area contributed by atoms with Gasteiger partial charge in [-0.05, 0) is 37.5 Å². The van der Waals surface area contributed by atoms with Gasteiger partial charge in [0.2, 0.25) is 5.91 Å². The molecule has 0 unspecified atom stereocenters. The number of carbonyl (C=O) groups is 1. The van der Waals surface area contributed by atoms with Crippen LogP contribution in [0.4, 0.5) is 4.39 Å². The molecule has 0 N–H and O–H groups in total. The van der Waals surface area contributed by atoms with E-state index in [4.69, 9.17) is 0 Å². The molecule has 1 amide bonds. The van der Waals surface area contributed by atoms with Crippen LogP contribution in [0, 0.1) is 5.82 Å². The summed E-state index contributed by atoms with van der Waals surface area (Å²) in [6.45, 7) is 3.85. The van der Waals surface area contributed by atoms with Crippen molar-refractivity contribution >= 4 is 5.91 Å². The van der Waals surface area contributed by atoms with E-state index in [9.17, 15) is 14.0 Å². The van der Waals surface area contributed by atoms with E-state index < -0.39 is 0 Å². The number of aryl methyl sites for hydroxylation is 1. The number of nitrogens with zero attached hydrogens (tertiary/aromatic N) is 4. The molecular formula is C18H23FN4O2. The van der Waals surface area contributed by atoms with Crippen molar-refractivity contribution in [3.05, 3.63) is 52.0 Å². The predicted octanol–water partition coefficient (Wildman–Crippen LogP) is 1.69. The Labute approximate surface area is 145 Å². The maximum atomic E-state index is 12.9. The van der Waals surface area contributed by atoms with Gasteiger partial charge in [-0.2, -0.15) is 5.10 Å². The number of aromatic nitrogens is 3. The van der Waals surface area contributed by atoms with Gasteiger partial charge in [-0.25, -0.2) is 13.9 Å². The van der Waals surface area contributed by atoms with Crippen LogP contribution in [0.15, 0.2) is 29.1 Å². The van der Waals surface area contributed by atoms with E-state index in [0.29, 0.717) is 19.6 Å². The molecular weight excluding hydrogens is 323 g/mol. The summed E-state index contributed by atoms with van der Waals surface area (Å²) in [5.41, 5.74) is 0.727. The predicted molar refractivity (Wildman–Crippen MR) is 91.8 cm³/mol. The fourth-order valence-corrected chi connectivity index (χ4v) is 3.40. The van der Waals surface area contributed by atoms with E-state index in [2.05, 4.69) is 5.10 Å². The summed E-state index contributed by atoms with van der Waals surface area (Å²) >= 11 is 0. The van der Waals surface area contributed by atoms with Crippen molar-refractivity contribution < 1.29 is 9.18 Å². The van der Waals surface area contributed by atoms with Crippen LogP contribution in [0.25, 0.3) is 0 Å². The zero-order chi connectivity index (χ0) is 18.0. The molecule has 2 aromatic rings. The van der Waals surface area contributed by atoms with Gasteiger partial charge in [-0.3, -0.25) is 9.36 Å². The Morgan fingerprint density at radius 3 is 2.48 bits per heavy atom. The average molecular weight is 346 g/mol. The molecule has 0 atom stereocenters. The van der Waals surface area contributed by atoms with E-state index in [1.54, 1.807) is 23.7 Å². The van der Waals surface area contributed by atoms with Crippen molar-refractivity contribution in [3.63, 3.8) is 0 Å². The molecule has 6 nitrogen and oxygen atoms in total. The number of amides is 1. The Morgan fingerprint density at radius 1 is 1.24 bits per heavy atom. The lowest BCUT2D eigenvalue weighted by Crippen LogP contribution is -2.39. The molecule has 134 valence electrons. The number of rotatable bonds is 4. The van der Waals surface area contributed by atoms with E-state index >= 15 is 0 Å². The van der Waals surface area contributed by atoms with Crippen LogP contribution in [-0.4, -0.2) is 38.2 Å². The quantitative estimate of drug-likeness (QED) is 0.846. The lowest BCUT2D eigenvalue weighted by atomic mass is 9.95. The molecule has 3 rings (SSSR count). The van der Waals surface area contributed by atoms with E-state index in [0.717, 1.165) is 24.2 Å². The first-order chi connectivity index (χ1) is 12.0. The second-order valence-electron chi connectivity index (χ2n) is 6.47. The van der Waals surface area contributed by atoms with Crippen molar-refractivity contribution in [3.8, 4) is 0 Å². The number of halogens is 1. The normalized spacial score (nSPS) is 15.6. The minimum absolute atomic E-state index is 0.0546. The van der Waals surface area contributed by atoms with Gasteiger partial charge in [0.05, 0.1) is 6.42 Å². The van der Waals surface area contributed by atoms with Crippen LogP contribution in [0.5, 0.6) is 0 Å². The van der Waals surface area contributed by atoms with E-state index in [1.807, 2.05) is 11.8 Å². The fourth-order valence-electron chi connectivity index (χ4n) is 3.40. The SMILES string of the molecule is CCn1c(C2CCN(C(=O)Cc3ccc(F)cc3)CC2)nn(C)c1=O. The molecule has 0 saturated carbocycles. The lowest BCUT2D eigenvalue weighted by Gasteiger charge is -2.31. The average Bonchev–Trinajstić information content (AvgIpc) is 2.91. The van der Waals surface area contributed by atoms with E-state index in [-0.39, 0.29) is 29.8 Å². The highest BCUT2D eigenvalue weighted by molar-refractivity contribution is 5.78. The molecule has 0 radical (unpaired) electrons. The third-order valence-corrected chi connectivity index (χ3v) is 4.83. The molecule has 1 aromatic heterocycles. The summed E-state index contributed by atoms with van der Waals surface area (Å²) < 4.78 is 16.0. The minimum atomic E-state index is -0.297. The monoisotopic (exact) mass is 346 g/mol. The standard InChI is InChI=1S/C18H23FN4O2/c1-3-23-17(20-21(2)18(23)25)14-8-10-22(11-9-14)16(24)12-13-4-6-15(19)7-5-13/h4-7,14H,3,8-12H2,1-2H3. The van der Waals surface area contributed by atoms with Crippen molar-refractivity contribution in [1.82, 2.24) is 19.2 Å². The topological polar surface area (TPSA) is 60.1 Å². The lowest BCUT2D eigenvalue weighted by molar-refractivity contribution is -0.131. The molecule has 1 fully saturated rings. The first kappa shape index (κ1) is 17.4. The van der Waals surface area contributed by atoms with Crippen LogP contribution in [0.2, 0.25) is 0 Å². The van der Waals surface area contributed by atoms with Crippen LogP contribution in [0.1, 0.15) is 37.1 Å². The summed E-state index contributed by atoms with van der Waals surface area (Å²) in [4.78, 5) is 26.3. The highest BCUT2D eigenvalue weighted by Crippen LogP contribution is 2.26. The molecule has 1 saturated heterocycles. The van der Waals surface area contributed by atoms with Crippen molar-refractivity contribution in [1.29, 1.82) is 0 Å². The first-order valence-corrected chi connectivity index (χ1v) is 8.65. The van der Waals surface area contributed by atoms with Gasteiger partial charge in [-0.1, -0.05) is 12.1 Å². The fraction of sp³-hybridized carbons (Fsp3) is 0.500. The molecule has 1 aromatic carbocycles. The molecule has 2 heterocycles. The van der Waals surface area contributed by atoms with Crippen molar-refractivity contribution in [2.75, 3.05) is 13.1 Å². The van der Waals surface area contributed by atoms with Gasteiger partial charge in [0.15, 0.2) is 0 Å². The highest BCUT2D eigenvalue weighted by atomic mass is 19.1. The largest absolute Gasteiger partial charge is 0.345 e. The molecule has 1 aliphatic rings. The van der Waals surface area contributed by atoms with Crippen molar-refractivity contribution in [2.45, 2.75) is 38.6 Å². The molecule has 0 bridgehead atoms. The van der Waals surface area contributed by atoms with Crippen LogP contribution >= 0.6 is 0 Å². The smallest absolute Gasteiger partial charge is 0.342 e. The third kappa shape index (κ3) is 3.65. The van der Waals surface area contributed by atoms with Crippen LogP contribution < -0.4 is 5.69 Å². The maximum Gasteiger partial charge on any atom is 0.345 e. The summed E-state index contributed by atoms with van der Waals surface area (Å²) in [6.07, 6.45) is 1.88. The van der Waals surface area contributed by atoms with Gasteiger partial charge >= 0.3 is 5.69 Å². The number of piperidine rings is 1. The molecule has 0 spiro atoms. The number of likely N-dealkylation sites (tertiary alicyclic amines) is 1. The van der Waals surface area contributed by atoms with Gasteiger partial charge in [0.1, 0.15) is 11.6 Å². The Balaban J connectivity index is 1.62. The number of benzene rings is 1. The first-order valence-electron chi connectivity index (χ1n) is 8.65. The molecule has 25 heavy (non-hydrogen) atoms. The van der Waals surface area contributed by atoms with Crippen LogP contribution in [-0.2, 0) is 24.8 Å². The second-order valence-corrected chi connectivity index (χ2v) is 6.47.